The fraction of sp³-hybridized carbons (Fsp3) is 0.714. The van der Waals surface area contributed by atoms with E-state index >= 15 is 0 Å². The van der Waals surface area contributed by atoms with E-state index in [9.17, 15) is 18.4 Å². The number of nitrogens with zero attached hydrogens (tertiary/aromatic N) is 1. The highest BCUT2D eigenvalue weighted by molar-refractivity contribution is 5.74. The molecule has 1 heterocycles. The van der Waals surface area contributed by atoms with Crippen LogP contribution in [-0.2, 0) is 14.2 Å². The molecule has 1 saturated carbocycles. The van der Waals surface area contributed by atoms with Crippen LogP contribution in [0.25, 0.3) is 0 Å². The lowest BCUT2D eigenvalue weighted by molar-refractivity contribution is -0.0151. The van der Waals surface area contributed by atoms with E-state index in [1.54, 1.807) is 12.0 Å². The zero-order valence-electron chi connectivity index (χ0n) is 23.4. The van der Waals surface area contributed by atoms with Crippen molar-refractivity contribution in [2.75, 3.05) is 54.1 Å². The summed E-state index contributed by atoms with van der Waals surface area (Å²) in [5.41, 5.74) is 0.271. The van der Waals surface area contributed by atoms with Gasteiger partial charge in [-0.2, -0.15) is 0 Å². The van der Waals surface area contributed by atoms with Gasteiger partial charge in [0.2, 0.25) is 0 Å². The van der Waals surface area contributed by atoms with Gasteiger partial charge in [0.25, 0.3) is 0 Å². The highest BCUT2D eigenvalue weighted by atomic mass is 19.1. The summed E-state index contributed by atoms with van der Waals surface area (Å²) in [4.78, 5) is 26.5. The summed E-state index contributed by atoms with van der Waals surface area (Å²) in [5, 5.41) is 8.91. The van der Waals surface area contributed by atoms with Crippen LogP contribution in [0.15, 0.2) is 18.2 Å². The zero-order chi connectivity index (χ0) is 28.3. The number of amides is 3. The van der Waals surface area contributed by atoms with Crippen LogP contribution in [0.2, 0.25) is 0 Å². The maximum Gasteiger partial charge on any atom is 0.406 e. The maximum atomic E-state index is 14.1. The number of piperidine rings is 1. The number of hydrogen-bond donors (Lipinski definition) is 3. The van der Waals surface area contributed by atoms with Crippen molar-refractivity contribution < 1.29 is 32.6 Å². The van der Waals surface area contributed by atoms with E-state index in [0.717, 1.165) is 44.6 Å². The first kappa shape index (κ1) is 31.0. The molecule has 2 aliphatic rings. The van der Waals surface area contributed by atoms with Gasteiger partial charge < -0.3 is 35.1 Å². The molecule has 3 amide bonds. The molecular weight excluding hydrogens is 510 g/mol. The summed E-state index contributed by atoms with van der Waals surface area (Å²) in [7, 11) is 4.91. The minimum atomic E-state index is -0.692. The number of urea groups is 1. The second-order valence-corrected chi connectivity index (χ2v) is 10.6. The Bertz CT molecular complexity index is 911. The Labute approximate surface area is 230 Å². The number of rotatable bonds is 13. The van der Waals surface area contributed by atoms with Gasteiger partial charge in [0, 0.05) is 51.3 Å². The van der Waals surface area contributed by atoms with Gasteiger partial charge in [-0.15, -0.1) is 0 Å². The summed E-state index contributed by atoms with van der Waals surface area (Å²) in [6.07, 6.45) is 6.36. The van der Waals surface area contributed by atoms with Crippen molar-refractivity contribution in [3.8, 4) is 0 Å². The number of carbonyl (C=O) groups is 2. The van der Waals surface area contributed by atoms with Gasteiger partial charge in [0.1, 0.15) is 11.6 Å². The van der Waals surface area contributed by atoms with E-state index in [4.69, 9.17) is 9.47 Å². The van der Waals surface area contributed by atoms with Crippen LogP contribution in [-0.4, -0.2) is 82.7 Å². The number of nitrogens with one attached hydrogen (secondary N) is 3. The molecule has 11 heteroatoms. The molecule has 9 nitrogen and oxygen atoms in total. The van der Waals surface area contributed by atoms with Crippen molar-refractivity contribution in [3.63, 3.8) is 0 Å². The second-order valence-electron chi connectivity index (χ2n) is 10.6. The third kappa shape index (κ3) is 9.29. The number of halogens is 2. The van der Waals surface area contributed by atoms with Crippen LogP contribution in [0, 0.1) is 17.6 Å². The zero-order valence-corrected chi connectivity index (χ0v) is 23.4. The van der Waals surface area contributed by atoms with Crippen LogP contribution in [0.5, 0.6) is 0 Å². The number of hydrogen-bond acceptors (Lipinski definition) is 6. The summed E-state index contributed by atoms with van der Waals surface area (Å²) in [6, 6.07) is 3.14. The van der Waals surface area contributed by atoms with Crippen molar-refractivity contribution in [1.29, 1.82) is 0 Å². The predicted molar refractivity (Wildman–Crippen MR) is 143 cm³/mol. The average molecular weight is 555 g/mol. The quantitative estimate of drug-likeness (QED) is 0.317. The first-order chi connectivity index (χ1) is 18.8. The van der Waals surface area contributed by atoms with Crippen molar-refractivity contribution >= 4 is 12.1 Å². The highest BCUT2D eigenvalue weighted by Gasteiger charge is 2.35. The lowest BCUT2D eigenvalue weighted by Crippen LogP contribution is -2.51. The Hall–Kier alpha value is -2.50. The van der Waals surface area contributed by atoms with Crippen molar-refractivity contribution in [2.24, 2.45) is 5.92 Å². The molecule has 3 N–H and O–H groups in total. The smallest absolute Gasteiger partial charge is 0.406 e. The molecule has 0 aromatic heterocycles. The fourth-order valence-corrected chi connectivity index (χ4v) is 5.85. The minimum absolute atomic E-state index is 0.0516. The van der Waals surface area contributed by atoms with Crippen LogP contribution in [0.1, 0.15) is 63.0 Å². The van der Waals surface area contributed by atoms with Crippen LogP contribution in [0.3, 0.4) is 0 Å². The molecule has 1 aliphatic heterocycles. The summed E-state index contributed by atoms with van der Waals surface area (Å²) in [5.74, 6) is -1.56. The topological polar surface area (TPSA) is 101 Å². The molecular formula is C28H44F2N4O5. The van der Waals surface area contributed by atoms with Gasteiger partial charge >= 0.3 is 12.1 Å². The standard InChI is InChI=1S/C28H44F2N4O5/c1-31-18-24(8-11-28(38-3)9-4-5-10-28)33-26(35)34-13-6-7-20(19-34)25(39-14-12-32-27(36)37-2)21-15-22(29)17-23(30)16-21/h15-17,20,24-25,31H,4-14,18-19H2,1-3H3,(H,32,36)(H,33,35)/t20-,24+,25-/m1/s1. The first-order valence-electron chi connectivity index (χ1n) is 13.9. The molecule has 0 bridgehead atoms. The normalized spacial score (nSPS) is 20.3. The monoisotopic (exact) mass is 554 g/mol. The van der Waals surface area contributed by atoms with Crippen molar-refractivity contribution in [3.05, 3.63) is 35.4 Å². The first-order valence-corrected chi connectivity index (χ1v) is 13.9. The molecule has 0 radical (unpaired) electrons. The van der Waals surface area contributed by atoms with Gasteiger partial charge in [-0.25, -0.2) is 18.4 Å². The third-order valence-corrected chi connectivity index (χ3v) is 7.92. The molecule has 0 spiro atoms. The molecule has 2 fully saturated rings. The number of ether oxygens (including phenoxy) is 3. The molecule has 1 saturated heterocycles. The van der Waals surface area contributed by atoms with E-state index in [2.05, 4.69) is 20.7 Å². The average Bonchev–Trinajstić information content (AvgIpc) is 3.40. The second kappa shape index (κ2) is 15.3. The fourth-order valence-electron chi connectivity index (χ4n) is 5.85. The Morgan fingerprint density at radius 1 is 1.13 bits per heavy atom. The van der Waals surface area contributed by atoms with Gasteiger partial charge in [-0.3, -0.25) is 0 Å². The van der Waals surface area contributed by atoms with Crippen LogP contribution in [0.4, 0.5) is 18.4 Å². The molecule has 39 heavy (non-hydrogen) atoms. The lowest BCUT2D eigenvalue weighted by Gasteiger charge is -2.38. The molecule has 0 unspecified atom stereocenters. The summed E-state index contributed by atoms with van der Waals surface area (Å²) < 4.78 is 44.7. The number of carbonyl (C=O) groups excluding carboxylic acids is 2. The summed E-state index contributed by atoms with van der Waals surface area (Å²) >= 11 is 0. The third-order valence-electron chi connectivity index (χ3n) is 7.92. The predicted octanol–water partition coefficient (Wildman–Crippen LogP) is 4.13. The SMILES string of the molecule is CNC[C@H](CCC1(OC)CCCC1)NC(=O)N1CCC[C@@H]([C@@H](OCCNC(=O)OC)c2cc(F)cc(F)c2)C1. The van der Waals surface area contributed by atoms with E-state index < -0.39 is 23.8 Å². The van der Waals surface area contributed by atoms with E-state index in [0.29, 0.717) is 25.2 Å². The molecule has 1 aromatic rings. The molecule has 220 valence electrons. The van der Waals surface area contributed by atoms with E-state index in [-0.39, 0.29) is 36.7 Å². The van der Waals surface area contributed by atoms with E-state index in [1.165, 1.54) is 32.1 Å². The van der Waals surface area contributed by atoms with Crippen LogP contribution < -0.4 is 16.0 Å². The van der Waals surface area contributed by atoms with Gasteiger partial charge in [-0.1, -0.05) is 12.8 Å². The molecule has 1 aromatic carbocycles. The molecule has 1 aliphatic carbocycles. The van der Waals surface area contributed by atoms with E-state index in [1.807, 2.05) is 7.05 Å². The number of likely N-dealkylation sites (tertiary alicyclic amines) is 1. The highest BCUT2D eigenvalue weighted by Crippen LogP contribution is 2.37. The van der Waals surface area contributed by atoms with Crippen molar-refractivity contribution in [2.45, 2.75) is 69.1 Å². The number of likely N-dealkylation sites (N-methyl/N-ethyl adjacent to an activating group) is 1. The lowest BCUT2D eigenvalue weighted by atomic mass is 9.88. The molecule has 3 atom stereocenters. The number of alkyl carbamates (subject to hydrolysis) is 1. The number of methoxy groups -OCH3 is 2. The minimum Gasteiger partial charge on any atom is -0.453 e. The number of benzene rings is 1. The van der Waals surface area contributed by atoms with Gasteiger partial charge in [-0.05, 0) is 63.3 Å². The largest absolute Gasteiger partial charge is 0.453 e. The van der Waals surface area contributed by atoms with Crippen LogP contribution >= 0.6 is 0 Å². The Kier molecular flexibility index (Phi) is 12.2. The maximum absolute atomic E-state index is 14.1. The van der Waals surface area contributed by atoms with Gasteiger partial charge in [0.15, 0.2) is 0 Å². The van der Waals surface area contributed by atoms with Gasteiger partial charge in [0.05, 0.1) is 25.4 Å². The Morgan fingerprint density at radius 2 is 1.85 bits per heavy atom. The van der Waals surface area contributed by atoms with Crippen molar-refractivity contribution in [1.82, 2.24) is 20.9 Å². The summed E-state index contributed by atoms with van der Waals surface area (Å²) in [6.45, 7) is 1.90. The Balaban J connectivity index is 1.65. The molecule has 3 rings (SSSR count). The Morgan fingerprint density at radius 3 is 2.49 bits per heavy atom.